The van der Waals surface area contributed by atoms with Crippen LogP contribution in [0.2, 0.25) is 0 Å². The summed E-state index contributed by atoms with van der Waals surface area (Å²) in [5.41, 5.74) is 0. The van der Waals surface area contributed by atoms with Gasteiger partial charge in [0.25, 0.3) is 0 Å². The van der Waals surface area contributed by atoms with Crippen LogP contribution < -0.4 is 0 Å². The molecule has 1 aliphatic carbocycles. The number of nitrogens with zero attached hydrogens (tertiary/aromatic N) is 2. The Balaban J connectivity index is 2.00. The van der Waals surface area contributed by atoms with E-state index in [2.05, 4.69) is 19.9 Å². The van der Waals surface area contributed by atoms with Crippen LogP contribution >= 0.6 is 0 Å². The van der Waals surface area contributed by atoms with E-state index < -0.39 is 0 Å². The standard InChI is InChI=1S/C8H11N3O2/c1-13-7(12)4-6-9-8(11-10-6)5-2-3-5/h5H,2-4H2,1H3,(H,9,10,11). The average Bonchev–Trinajstić information content (AvgIpc) is 2.88. The number of methoxy groups -OCH3 is 1. The highest BCUT2D eigenvalue weighted by molar-refractivity contribution is 5.71. The van der Waals surface area contributed by atoms with E-state index >= 15 is 0 Å². The van der Waals surface area contributed by atoms with Crippen molar-refractivity contribution in [2.45, 2.75) is 25.2 Å². The lowest BCUT2D eigenvalue weighted by Gasteiger charge is -1.92. The van der Waals surface area contributed by atoms with Gasteiger partial charge in [-0.2, -0.15) is 5.10 Å². The summed E-state index contributed by atoms with van der Waals surface area (Å²) in [6.07, 6.45) is 2.50. The number of hydrogen-bond donors (Lipinski definition) is 1. The number of aromatic nitrogens is 3. The van der Waals surface area contributed by atoms with Gasteiger partial charge in [0.1, 0.15) is 12.2 Å². The van der Waals surface area contributed by atoms with Crippen LogP contribution in [0.25, 0.3) is 0 Å². The highest BCUT2D eigenvalue weighted by Gasteiger charge is 2.27. The Kier molecular flexibility index (Phi) is 2.00. The molecule has 0 radical (unpaired) electrons. The molecule has 5 heteroatoms. The number of rotatable bonds is 3. The minimum absolute atomic E-state index is 0.177. The monoisotopic (exact) mass is 181 g/mol. The fourth-order valence-corrected chi connectivity index (χ4v) is 1.12. The summed E-state index contributed by atoms with van der Waals surface area (Å²) in [7, 11) is 1.36. The molecule has 0 bridgehead atoms. The molecule has 1 aromatic rings. The molecule has 1 saturated carbocycles. The summed E-state index contributed by atoms with van der Waals surface area (Å²) >= 11 is 0. The Bertz CT molecular complexity index is 317. The van der Waals surface area contributed by atoms with Crippen LogP contribution in [0.15, 0.2) is 0 Å². The number of hydrogen-bond acceptors (Lipinski definition) is 4. The van der Waals surface area contributed by atoms with Crippen molar-refractivity contribution in [3.63, 3.8) is 0 Å². The predicted octanol–water partition coefficient (Wildman–Crippen LogP) is 0.398. The lowest BCUT2D eigenvalue weighted by atomic mass is 10.4. The second kappa shape index (κ2) is 3.16. The third-order valence-electron chi connectivity index (χ3n) is 2.03. The number of aromatic amines is 1. The molecule has 1 aromatic heterocycles. The van der Waals surface area contributed by atoms with Gasteiger partial charge in [-0.3, -0.25) is 9.89 Å². The summed E-state index contributed by atoms with van der Waals surface area (Å²) in [4.78, 5) is 15.1. The summed E-state index contributed by atoms with van der Waals surface area (Å²) in [5, 5.41) is 6.75. The smallest absolute Gasteiger partial charge is 0.313 e. The summed E-state index contributed by atoms with van der Waals surface area (Å²) in [6, 6.07) is 0. The zero-order valence-electron chi connectivity index (χ0n) is 7.41. The van der Waals surface area contributed by atoms with E-state index in [9.17, 15) is 4.79 Å². The minimum Gasteiger partial charge on any atom is -0.469 e. The zero-order valence-corrected chi connectivity index (χ0v) is 7.41. The molecule has 1 fully saturated rings. The second-order valence-corrected chi connectivity index (χ2v) is 3.17. The fraction of sp³-hybridized carbons (Fsp3) is 0.625. The molecule has 2 rings (SSSR count). The number of ether oxygens (including phenoxy) is 1. The molecule has 1 heterocycles. The van der Waals surface area contributed by atoms with Crippen molar-refractivity contribution in [1.29, 1.82) is 0 Å². The van der Waals surface area contributed by atoms with Crippen molar-refractivity contribution in [2.75, 3.05) is 7.11 Å². The van der Waals surface area contributed by atoms with Crippen molar-refractivity contribution in [3.8, 4) is 0 Å². The lowest BCUT2D eigenvalue weighted by Crippen LogP contribution is -2.05. The summed E-state index contributed by atoms with van der Waals surface area (Å²) in [6.45, 7) is 0. The number of carbonyl (C=O) groups excluding carboxylic acids is 1. The Hall–Kier alpha value is -1.39. The third kappa shape index (κ3) is 1.85. The molecule has 0 atom stereocenters. The molecule has 70 valence electrons. The van der Waals surface area contributed by atoms with Crippen molar-refractivity contribution in [2.24, 2.45) is 0 Å². The van der Waals surface area contributed by atoms with Crippen molar-refractivity contribution >= 4 is 5.97 Å². The maximum Gasteiger partial charge on any atom is 0.313 e. The molecule has 0 aromatic carbocycles. The van der Waals surface area contributed by atoms with Crippen LogP contribution in [-0.2, 0) is 16.0 Å². The van der Waals surface area contributed by atoms with Crippen LogP contribution in [-0.4, -0.2) is 28.3 Å². The SMILES string of the molecule is COC(=O)Cc1nc(C2CC2)n[nH]1. The summed E-state index contributed by atoms with van der Waals surface area (Å²) in [5.74, 6) is 1.65. The van der Waals surface area contributed by atoms with Crippen LogP contribution in [0.5, 0.6) is 0 Å². The first-order valence-corrected chi connectivity index (χ1v) is 4.27. The van der Waals surface area contributed by atoms with Crippen molar-refractivity contribution in [3.05, 3.63) is 11.6 Å². The number of carbonyl (C=O) groups is 1. The van der Waals surface area contributed by atoms with E-state index in [1.165, 1.54) is 7.11 Å². The first kappa shape index (κ1) is 8.22. The molecule has 0 saturated heterocycles. The molecule has 0 amide bonds. The van der Waals surface area contributed by atoms with E-state index in [-0.39, 0.29) is 12.4 Å². The van der Waals surface area contributed by atoms with Gasteiger partial charge in [-0.25, -0.2) is 4.98 Å². The highest BCUT2D eigenvalue weighted by atomic mass is 16.5. The van der Waals surface area contributed by atoms with Gasteiger partial charge in [0.2, 0.25) is 0 Å². The fourth-order valence-electron chi connectivity index (χ4n) is 1.12. The maximum atomic E-state index is 10.9. The molecule has 0 spiro atoms. The molecule has 0 aliphatic heterocycles. The topological polar surface area (TPSA) is 67.9 Å². The maximum absolute atomic E-state index is 10.9. The average molecular weight is 181 g/mol. The second-order valence-electron chi connectivity index (χ2n) is 3.17. The van der Waals surface area contributed by atoms with Gasteiger partial charge in [0, 0.05) is 5.92 Å². The molecule has 1 N–H and O–H groups in total. The van der Waals surface area contributed by atoms with Gasteiger partial charge in [-0.15, -0.1) is 0 Å². The minimum atomic E-state index is -0.293. The van der Waals surface area contributed by atoms with Crippen molar-refractivity contribution in [1.82, 2.24) is 15.2 Å². The normalized spacial score (nSPS) is 15.8. The molecular formula is C8H11N3O2. The molecular weight excluding hydrogens is 170 g/mol. The van der Waals surface area contributed by atoms with Gasteiger partial charge in [0.15, 0.2) is 5.82 Å². The molecule has 0 unspecified atom stereocenters. The van der Waals surface area contributed by atoms with Gasteiger partial charge in [0.05, 0.1) is 7.11 Å². The molecule has 5 nitrogen and oxygen atoms in total. The quantitative estimate of drug-likeness (QED) is 0.685. The van der Waals surface area contributed by atoms with Crippen LogP contribution in [0, 0.1) is 0 Å². The Morgan fingerprint density at radius 3 is 3.08 bits per heavy atom. The summed E-state index contributed by atoms with van der Waals surface area (Å²) < 4.78 is 4.51. The number of H-pyrrole nitrogens is 1. The van der Waals surface area contributed by atoms with Gasteiger partial charge in [-0.05, 0) is 12.8 Å². The van der Waals surface area contributed by atoms with Crippen LogP contribution in [0.4, 0.5) is 0 Å². The first-order chi connectivity index (χ1) is 6.29. The van der Waals surface area contributed by atoms with E-state index in [0.717, 1.165) is 18.7 Å². The molecule has 1 aliphatic rings. The predicted molar refractivity (Wildman–Crippen MR) is 44.1 cm³/mol. The number of esters is 1. The lowest BCUT2D eigenvalue weighted by molar-refractivity contribution is -0.139. The van der Waals surface area contributed by atoms with E-state index in [1.807, 2.05) is 0 Å². The highest BCUT2D eigenvalue weighted by Crippen LogP contribution is 2.37. The zero-order chi connectivity index (χ0) is 9.26. The third-order valence-corrected chi connectivity index (χ3v) is 2.03. The van der Waals surface area contributed by atoms with Crippen LogP contribution in [0.1, 0.15) is 30.4 Å². The van der Waals surface area contributed by atoms with Gasteiger partial charge in [-0.1, -0.05) is 0 Å². The van der Waals surface area contributed by atoms with Gasteiger partial charge < -0.3 is 4.74 Å². The largest absolute Gasteiger partial charge is 0.469 e. The van der Waals surface area contributed by atoms with E-state index in [4.69, 9.17) is 0 Å². The van der Waals surface area contributed by atoms with Crippen LogP contribution in [0.3, 0.4) is 0 Å². The Labute approximate surface area is 75.5 Å². The van der Waals surface area contributed by atoms with Gasteiger partial charge >= 0.3 is 5.97 Å². The van der Waals surface area contributed by atoms with Crippen molar-refractivity contribution < 1.29 is 9.53 Å². The Morgan fingerprint density at radius 2 is 2.46 bits per heavy atom. The number of nitrogens with one attached hydrogen (secondary N) is 1. The van der Waals surface area contributed by atoms with E-state index in [0.29, 0.717) is 11.7 Å². The van der Waals surface area contributed by atoms with E-state index in [1.54, 1.807) is 0 Å². The molecule has 13 heavy (non-hydrogen) atoms. The first-order valence-electron chi connectivity index (χ1n) is 4.27. The Morgan fingerprint density at radius 1 is 1.69 bits per heavy atom.